The summed E-state index contributed by atoms with van der Waals surface area (Å²) in [6.07, 6.45) is 3.45. The van der Waals surface area contributed by atoms with Crippen LogP contribution in [0.5, 0.6) is 0 Å². The number of hydrogen-bond donors (Lipinski definition) is 1. The van der Waals surface area contributed by atoms with Crippen molar-refractivity contribution in [3.63, 3.8) is 0 Å². The van der Waals surface area contributed by atoms with Crippen LogP contribution < -0.4 is 5.73 Å². The van der Waals surface area contributed by atoms with E-state index in [1.807, 2.05) is 13.0 Å². The lowest BCUT2D eigenvalue weighted by atomic mass is 10.1. The first-order valence-electron chi connectivity index (χ1n) is 5.71. The molecule has 3 heterocycles. The fourth-order valence-electron chi connectivity index (χ4n) is 1.73. The van der Waals surface area contributed by atoms with Gasteiger partial charge >= 0.3 is 0 Å². The van der Waals surface area contributed by atoms with Gasteiger partial charge < -0.3 is 10.3 Å². The predicted molar refractivity (Wildman–Crippen MR) is 69.9 cm³/mol. The molecule has 3 rings (SSSR count). The summed E-state index contributed by atoms with van der Waals surface area (Å²) in [5, 5.41) is 3.96. The Kier molecular flexibility index (Phi) is 2.68. The molecule has 0 saturated carbocycles. The summed E-state index contributed by atoms with van der Waals surface area (Å²) in [5.74, 6) is 1.27. The normalized spacial score (nSPS) is 10.6. The van der Waals surface area contributed by atoms with Gasteiger partial charge in [0.1, 0.15) is 11.5 Å². The standard InChI is InChI=1S/C13H11N5O/c1-8-7-15-6-5-9(8)12-17-13(19-18-12)10-3-2-4-11(14)16-10/h2-7H,1H3,(H2,14,16). The van der Waals surface area contributed by atoms with Gasteiger partial charge in [-0.1, -0.05) is 11.2 Å². The summed E-state index contributed by atoms with van der Waals surface area (Å²) in [6, 6.07) is 7.11. The SMILES string of the molecule is Cc1cnccc1-c1noc(-c2cccc(N)n2)n1. The molecule has 0 unspecified atom stereocenters. The third kappa shape index (κ3) is 2.15. The maximum atomic E-state index is 5.63. The highest BCUT2D eigenvalue weighted by Crippen LogP contribution is 2.23. The van der Waals surface area contributed by atoms with E-state index in [0.717, 1.165) is 11.1 Å². The van der Waals surface area contributed by atoms with Crippen LogP contribution in [-0.2, 0) is 0 Å². The van der Waals surface area contributed by atoms with Crippen LogP contribution in [0.25, 0.3) is 23.0 Å². The second-order valence-corrected chi connectivity index (χ2v) is 4.06. The summed E-state index contributed by atoms with van der Waals surface area (Å²) in [6.45, 7) is 1.94. The van der Waals surface area contributed by atoms with Gasteiger partial charge in [-0.25, -0.2) is 4.98 Å². The Hall–Kier alpha value is -2.76. The van der Waals surface area contributed by atoms with Crippen molar-refractivity contribution in [1.29, 1.82) is 0 Å². The molecule has 0 amide bonds. The van der Waals surface area contributed by atoms with Crippen molar-refractivity contribution in [2.45, 2.75) is 6.92 Å². The minimum absolute atomic E-state index is 0.346. The fourth-order valence-corrected chi connectivity index (χ4v) is 1.73. The zero-order valence-corrected chi connectivity index (χ0v) is 10.2. The van der Waals surface area contributed by atoms with E-state index in [4.69, 9.17) is 10.3 Å². The topological polar surface area (TPSA) is 90.7 Å². The number of hydrogen-bond acceptors (Lipinski definition) is 6. The molecule has 6 nitrogen and oxygen atoms in total. The van der Waals surface area contributed by atoms with E-state index in [9.17, 15) is 0 Å². The van der Waals surface area contributed by atoms with Gasteiger partial charge in [0.25, 0.3) is 5.89 Å². The summed E-state index contributed by atoms with van der Waals surface area (Å²) in [5.41, 5.74) is 8.05. The summed E-state index contributed by atoms with van der Waals surface area (Å²) < 4.78 is 5.22. The Bertz CT molecular complexity index is 722. The van der Waals surface area contributed by atoms with Gasteiger partial charge in [0.05, 0.1) is 0 Å². The molecule has 0 saturated heterocycles. The van der Waals surface area contributed by atoms with Crippen molar-refractivity contribution in [2.75, 3.05) is 5.73 Å². The lowest BCUT2D eigenvalue weighted by Crippen LogP contribution is -1.91. The number of nitrogens with two attached hydrogens (primary N) is 1. The summed E-state index contributed by atoms with van der Waals surface area (Å²) >= 11 is 0. The molecule has 0 aromatic carbocycles. The molecule has 0 bridgehead atoms. The van der Waals surface area contributed by atoms with Crippen LogP contribution in [-0.4, -0.2) is 20.1 Å². The van der Waals surface area contributed by atoms with Gasteiger partial charge in [-0.15, -0.1) is 0 Å². The van der Waals surface area contributed by atoms with Crippen molar-refractivity contribution in [3.8, 4) is 23.0 Å². The second kappa shape index (κ2) is 4.49. The van der Waals surface area contributed by atoms with Gasteiger partial charge in [0.15, 0.2) is 0 Å². The van der Waals surface area contributed by atoms with Gasteiger partial charge in [0, 0.05) is 18.0 Å². The third-order valence-electron chi connectivity index (χ3n) is 2.68. The lowest BCUT2D eigenvalue weighted by Gasteiger charge is -1.97. The predicted octanol–water partition coefficient (Wildman–Crippen LogP) is 2.08. The first-order valence-corrected chi connectivity index (χ1v) is 5.71. The molecule has 2 N–H and O–H groups in total. The van der Waals surface area contributed by atoms with Crippen LogP contribution in [0.15, 0.2) is 41.2 Å². The van der Waals surface area contributed by atoms with E-state index in [1.54, 1.807) is 30.6 Å². The molecule has 94 valence electrons. The number of rotatable bonds is 2. The second-order valence-electron chi connectivity index (χ2n) is 4.06. The van der Waals surface area contributed by atoms with Gasteiger partial charge in [-0.05, 0) is 30.7 Å². The fraction of sp³-hybridized carbons (Fsp3) is 0.0769. The number of nitrogens with zero attached hydrogens (tertiary/aromatic N) is 4. The smallest absolute Gasteiger partial charge is 0.276 e. The Morgan fingerprint density at radius 1 is 1.16 bits per heavy atom. The molecule has 0 aliphatic rings. The number of anilines is 1. The first-order chi connectivity index (χ1) is 9.24. The lowest BCUT2D eigenvalue weighted by molar-refractivity contribution is 0.431. The van der Waals surface area contributed by atoms with E-state index in [0.29, 0.717) is 23.2 Å². The molecule has 0 fully saturated rings. The summed E-state index contributed by atoms with van der Waals surface area (Å²) in [4.78, 5) is 12.5. The molecule has 0 spiro atoms. The van der Waals surface area contributed by atoms with E-state index in [1.165, 1.54) is 0 Å². The van der Waals surface area contributed by atoms with E-state index >= 15 is 0 Å². The molecule has 0 atom stereocenters. The molecule has 0 radical (unpaired) electrons. The average molecular weight is 253 g/mol. The van der Waals surface area contributed by atoms with Crippen LogP contribution in [0, 0.1) is 6.92 Å². The monoisotopic (exact) mass is 253 g/mol. The largest absolute Gasteiger partial charge is 0.384 e. The van der Waals surface area contributed by atoms with E-state index < -0.39 is 0 Å². The van der Waals surface area contributed by atoms with E-state index in [2.05, 4.69) is 20.1 Å². The molecule has 3 aromatic heterocycles. The quantitative estimate of drug-likeness (QED) is 0.751. The van der Waals surface area contributed by atoms with Crippen molar-refractivity contribution in [2.24, 2.45) is 0 Å². The zero-order valence-electron chi connectivity index (χ0n) is 10.2. The van der Waals surface area contributed by atoms with Crippen LogP contribution in [0.2, 0.25) is 0 Å². The number of nitrogen functional groups attached to an aromatic ring is 1. The molecule has 3 aromatic rings. The van der Waals surface area contributed by atoms with Crippen molar-refractivity contribution < 1.29 is 4.52 Å². The zero-order chi connectivity index (χ0) is 13.2. The molecule has 0 aliphatic heterocycles. The van der Waals surface area contributed by atoms with Crippen molar-refractivity contribution >= 4 is 5.82 Å². The van der Waals surface area contributed by atoms with Crippen LogP contribution in [0.4, 0.5) is 5.82 Å². The van der Waals surface area contributed by atoms with Crippen LogP contribution >= 0.6 is 0 Å². The van der Waals surface area contributed by atoms with Crippen LogP contribution in [0.3, 0.4) is 0 Å². The highest BCUT2D eigenvalue weighted by molar-refractivity contribution is 5.61. The molecule has 0 aliphatic carbocycles. The molecular weight excluding hydrogens is 242 g/mol. The van der Waals surface area contributed by atoms with Gasteiger partial charge in [0.2, 0.25) is 5.82 Å². The Labute approximate surface area is 109 Å². The third-order valence-corrected chi connectivity index (χ3v) is 2.68. The summed E-state index contributed by atoms with van der Waals surface area (Å²) in [7, 11) is 0. The minimum atomic E-state index is 0.346. The Morgan fingerprint density at radius 2 is 2.05 bits per heavy atom. The number of aryl methyl sites for hydroxylation is 1. The maximum absolute atomic E-state index is 5.63. The highest BCUT2D eigenvalue weighted by Gasteiger charge is 2.13. The molecule has 6 heteroatoms. The van der Waals surface area contributed by atoms with Gasteiger partial charge in [-0.2, -0.15) is 4.98 Å². The first kappa shape index (κ1) is 11.3. The molecule has 19 heavy (non-hydrogen) atoms. The Balaban J connectivity index is 2.03. The highest BCUT2D eigenvalue weighted by atomic mass is 16.5. The Morgan fingerprint density at radius 3 is 2.84 bits per heavy atom. The average Bonchev–Trinajstić information content (AvgIpc) is 2.89. The van der Waals surface area contributed by atoms with Crippen LogP contribution in [0.1, 0.15) is 5.56 Å². The van der Waals surface area contributed by atoms with Crippen molar-refractivity contribution in [1.82, 2.24) is 20.1 Å². The van der Waals surface area contributed by atoms with Crippen molar-refractivity contribution in [3.05, 3.63) is 42.2 Å². The minimum Gasteiger partial charge on any atom is -0.384 e. The van der Waals surface area contributed by atoms with E-state index in [-0.39, 0.29) is 0 Å². The molecular formula is C13H11N5O. The van der Waals surface area contributed by atoms with Gasteiger partial charge in [-0.3, -0.25) is 4.98 Å². The maximum Gasteiger partial charge on any atom is 0.276 e. The number of pyridine rings is 2. The number of aromatic nitrogens is 4.